The van der Waals surface area contributed by atoms with Gasteiger partial charge in [-0.1, -0.05) is 42.5 Å². The molecule has 0 heterocycles. The molecule has 0 spiro atoms. The van der Waals surface area contributed by atoms with E-state index in [1.807, 2.05) is 0 Å². The third kappa shape index (κ3) is 4.68. The van der Waals surface area contributed by atoms with Gasteiger partial charge in [-0.25, -0.2) is 13.6 Å². The fraction of sp³-hybridized carbons (Fsp3) is 0.143. The number of rotatable bonds is 8. The Labute approximate surface area is 169 Å². The highest BCUT2D eigenvalue weighted by Crippen LogP contribution is 2.44. The Morgan fingerprint density at radius 2 is 1.48 bits per heavy atom. The summed E-state index contributed by atoms with van der Waals surface area (Å²) in [6.07, 6.45) is 0. The predicted molar refractivity (Wildman–Crippen MR) is 109 cm³/mol. The molecule has 3 aromatic rings. The van der Waals surface area contributed by atoms with E-state index in [-0.39, 0.29) is 23.9 Å². The van der Waals surface area contributed by atoms with E-state index in [1.165, 1.54) is 13.2 Å². The first kappa shape index (κ1) is 20.7. The van der Waals surface area contributed by atoms with Crippen LogP contribution in [0.3, 0.4) is 0 Å². The third-order valence-corrected chi connectivity index (χ3v) is 5.06. The number of aliphatic hydroxyl groups excluding tert-OH is 1. The van der Waals surface area contributed by atoms with Crippen molar-refractivity contribution in [2.75, 3.05) is 20.3 Å². The Morgan fingerprint density at radius 3 is 2.17 bits per heavy atom. The van der Waals surface area contributed by atoms with Crippen LogP contribution >= 0.6 is 0 Å². The lowest BCUT2D eigenvalue weighted by molar-refractivity contribution is 0.197. The molecule has 0 saturated carbocycles. The molecule has 29 heavy (non-hydrogen) atoms. The van der Waals surface area contributed by atoms with Gasteiger partial charge in [-0.05, 0) is 24.3 Å². The van der Waals surface area contributed by atoms with E-state index in [0.29, 0.717) is 28.4 Å². The molecule has 3 rings (SSSR count). The minimum absolute atomic E-state index is 0.0378. The van der Waals surface area contributed by atoms with Crippen molar-refractivity contribution in [2.45, 2.75) is 4.90 Å². The van der Waals surface area contributed by atoms with Gasteiger partial charge in [0.1, 0.15) is 6.61 Å². The highest BCUT2D eigenvalue weighted by atomic mass is 32.2. The zero-order chi connectivity index (χ0) is 20.9. The normalized spacial score (nSPS) is 11.1. The van der Waals surface area contributed by atoms with Crippen molar-refractivity contribution in [1.29, 1.82) is 0 Å². The van der Waals surface area contributed by atoms with Crippen LogP contribution in [0.15, 0.2) is 71.6 Å². The van der Waals surface area contributed by atoms with E-state index in [2.05, 4.69) is 0 Å². The number of benzene rings is 3. The Kier molecular flexibility index (Phi) is 6.38. The molecule has 0 aromatic heterocycles. The summed E-state index contributed by atoms with van der Waals surface area (Å²) in [5.41, 5.74) is 0.838. The monoisotopic (exact) mass is 415 g/mol. The second kappa shape index (κ2) is 8.95. The fourth-order valence-electron chi connectivity index (χ4n) is 2.85. The molecule has 0 aliphatic carbocycles. The average Bonchev–Trinajstić information content (AvgIpc) is 2.72. The zero-order valence-electron chi connectivity index (χ0n) is 15.7. The first-order valence-electron chi connectivity index (χ1n) is 8.75. The second-order valence-corrected chi connectivity index (χ2v) is 7.53. The summed E-state index contributed by atoms with van der Waals surface area (Å²) in [5, 5.41) is 14.6. The molecule has 152 valence electrons. The molecule has 7 nitrogen and oxygen atoms in total. The van der Waals surface area contributed by atoms with Gasteiger partial charge < -0.3 is 19.3 Å². The van der Waals surface area contributed by atoms with Crippen LogP contribution in [-0.2, 0) is 10.0 Å². The molecule has 3 N–H and O–H groups in total. The molecule has 0 aliphatic heterocycles. The van der Waals surface area contributed by atoms with Crippen molar-refractivity contribution in [3.05, 3.63) is 66.7 Å². The maximum absolute atomic E-state index is 12.1. The van der Waals surface area contributed by atoms with Crippen LogP contribution in [0.1, 0.15) is 0 Å². The van der Waals surface area contributed by atoms with E-state index in [4.69, 9.17) is 24.5 Å². The van der Waals surface area contributed by atoms with Crippen LogP contribution in [0.25, 0.3) is 11.1 Å². The van der Waals surface area contributed by atoms with Gasteiger partial charge in [-0.15, -0.1) is 0 Å². The number of methoxy groups -OCH3 is 1. The average molecular weight is 415 g/mol. The number of sulfonamides is 1. The van der Waals surface area contributed by atoms with Gasteiger partial charge in [-0.2, -0.15) is 0 Å². The Bertz CT molecular complexity index is 1100. The van der Waals surface area contributed by atoms with Crippen LogP contribution in [-0.4, -0.2) is 33.8 Å². The number of hydrogen-bond donors (Lipinski definition) is 2. The number of aliphatic hydroxyl groups is 1. The van der Waals surface area contributed by atoms with E-state index in [1.54, 1.807) is 60.7 Å². The van der Waals surface area contributed by atoms with Crippen LogP contribution in [0.5, 0.6) is 23.0 Å². The summed E-state index contributed by atoms with van der Waals surface area (Å²) in [6, 6.07) is 18.5. The number of primary sulfonamides is 1. The largest absolute Gasteiger partial charge is 0.493 e. The standard InChI is InChI=1S/C21H21NO6S/c1-26-17-9-3-4-10-18(17)28-21-16(8-6-11-19(21)27-14-13-23)15-7-2-5-12-20(15)29(22,24)25/h2-12,23H,13-14H2,1H3,(H2,22,24,25). The van der Waals surface area contributed by atoms with Gasteiger partial charge >= 0.3 is 0 Å². The van der Waals surface area contributed by atoms with Gasteiger partial charge in [0.15, 0.2) is 23.0 Å². The van der Waals surface area contributed by atoms with Gasteiger partial charge in [0, 0.05) is 11.1 Å². The minimum Gasteiger partial charge on any atom is -0.493 e. The molecule has 0 radical (unpaired) electrons. The lowest BCUT2D eigenvalue weighted by Crippen LogP contribution is -2.13. The van der Waals surface area contributed by atoms with Crippen molar-refractivity contribution in [3.8, 4) is 34.1 Å². The molecular weight excluding hydrogens is 394 g/mol. The maximum atomic E-state index is 12.1. The smallest absolute Gasteiger partial charge is 0.238 e. The minimum atomic E-state index is -3.97. The molecule has 3 aromatic carbocycles. The quantitative estimate of drug-likeness (QED) is 0.585. The van der Waals surface area contributed by atoms with Crippen LogP contribution in [0.4, 0.5) is 0 Å². The summed E-state index contributed by atoms with van der Waals surface area (Å²) < 4.78 is 41.3. The first-order valence-corrected chi connectivity index (χ1v) is 10.3. The van der Waals surface area contributed by atoms with Gasteiger partial charge in [0.25, 0.3) is 0 Å². The first-order chi connectivity index (χ1) is 14.0. The Morgan fingerprint density at radius 1 is 0.862 bits per heavy atom. The van der Waals surface area contributed by atoms with Gasteiger partial charge in [0.05, 0.1) is 18.6 Å². The number of ether oxygens (including phenoxy) is 3. The molecule has 0 unspecified atom stereocenters. The van der Waals surface area contributed by atoms with E-state index >= 15 is 0 Å². The van der Waals surface area contributed by atoms with Gasteiger partial charge in [-0.3, -0.25) is 0 Å². The number of para-hydroxylation sites is 3. The Balaban J connectivity index is 2.21. The summed E-state index contributed by atoms with van der Waals surface area (Å²) >= 11 is 0. The SMILES string of the molecule is COc1ccccc1Oc1c(OCCO)cccc1-c1ccccc1S(N)(=O)=O. The molecule has 0 bridgehead atoms. The molecule has 0 atom stereocenters. The predicted octanol–water partition coefficient (Wildman–Crippen LogP) is 3.17. The fourth-order valence-corrected chi connectivity index (χ4v) is 3.61. The maximum Gasteiger partial charge on any atom is 0.238 e. The molecular formula is C21H21NO6S. The van der Waals surface area contributed by atoms with Crippen molar-refractivity contribution < 1.29 is 27.7 Å². The highest BCUT2D eigenvalue weighted by Gasteiger charge is 2.21. The third-order valence-electron chi connectivity index (χ3n) is 4.09. The van der Waals surface area contributed by atoms with Crippen LogP contribution in [0.2, 0.25) is 0 Å². The summed E-state index contributed by atoms with van der Waals surface area (Å²) in [5.74, 6) is 1.53. The van der Waals surface area contributed by atoms with Crippen LogP contribution < -0.4 is 19.3 Å². The number of hydrogen-bond acceptors (Lipinski definition) is 6. The molecule has 0 amide bonds. The lowest BCUT2D eigenvalue weighted by atomic mass is 10.0. The highest BCUT2D eigenvalue weighted by molar-refractivity contribution is 7.89. The van der Waals surface area contributed by atoms with Crippen molar-refractivity contribution in [2.24, 2.45) is 5.14 Å². The molecule has 8 heteroatoms. The summed E-state index contributed by atoms with van der Waals surface area (Å²) in [4.78, 5) is -0.0378. The van der Waals surface area contributed by atoms with Gasteiger partial charge in [0.2, 0.25) is 10.0 Å². The lowest BCUT2D eigenvalue weighted by Gasteiger charge is -2.18. The topological polar surface area (TPSA) is 108 Å². The zero-order valence-corrected chi connectivity index (χ0v) is 16.6. The van der Waals surface area contributed by atoms with Crippen LogP contribution in [0, 0.1) is 0 Å². The molecule has 0 fully saturated rings. The van der Waals surface area contributed by atoms with Crippen molar-refractivity contribution in [1.82, 2.24) is 0 Å². The van der Waals surface area contributed by atoms with E-state index < -0.39 is 10.0 Å². The molecule has 0 saturated heterocycles. The Hall–Kier alpha value is -3.07. The number of nitrogens with two attached hydrogens (primary N) is 1. The van der Waals surface area contributed by atoms with Crippen molar-refractivity contribution >= 4 is 10.0 Å². The van der Waals surface area contributed by atoms with E-state index in [9.17, 15) is 8.42 Å². The molecule has 0 aliphatic rings. The summed E-state index contributed by atoms with van der Waals surface area (Å²) in [6.45, 7) is -0.144. The summed E-state index contributed by atoms with van der Waals surface area (Å²) in [7, 11) is -2.45. The second-order valence-electron chi connectivity index (χ2n) is 6.00. The van der Waals surface area contributed by atoms with E-state index in [0.717, 1.165) is 0 Å². The van der Waals surface area contributed by atoms with Crippen molar-refractivity contribution in [3.63, 3.8) is 0 Å².